The van der Waals surface area contributed by atoms with Crippen LogP contribution >= 0.6 is 0 Å². The van der Waals surface area contributed by atoms with Crippen molar-refractivity contribution in [2.24, 2.45) is 5.92 Å². The summed E-state index contributed by atoms with van der Waals surface area (Å²) in [7, 11) is 0. The Morgan fingerprint density at radius 1 is 1.33 bits per heavy atom. The first-order valence-electron chi connectivity index (χ1n) is 10.9. The Balaban J connectivity index is 2.28. The molecule has 0 bridgehead atoms. The third-order valence-electron chi connectivity index (χ3n) is 4.74. The molecule has 3 N–H and O–H groups in total. The van der Waals surface area contributed by atoms with Gasteiger partial charge < -0.3 is 15.3 Å². The van der Waals surface area contributed by atoms with Crippen molar-refractivity contribution in [2.75, 3.05) is 6.56 Å². The quantitative estimate of drug-likeness (QED) is 0.494. The monoisotopic (exact) mass is 335 g/mol. The second-order valence-electron chi connectivity index (χ2n) is 6.58. The molecule has 0 saturated carbocycles. The van der Waals surface area contributed by atoms with E-state index in [2.05, 4.69) is 6.58 Å². The molecule has 1 aliphatic carbocycles. The van der Waals surface area contributed by atoms with Gasteiger partial charge >= 0.3 is 0 Å². The highest BCUT2D eigenvalue weighted by molar-refractivity contribution is 5.52. The van der Waals surface area contributed by atoms with Gasteiger partial charge in [0.25, 0.3) is 0 Å². The molecular weight excluding hydrogens is 300 g/mol. The lowest BCUT2D eigenvalue weighted by molar-refractivity contribution is 0.314. The second kappa shape index (κ2) is 8.39. The number of phenolic OH excluding ortho intramolecular Hbond substituents is 2. The van der Waals surface area contributed by atoms with E-state index in [0.29, 0.717) is 43.2 Å². The molecule has 0 spiro atoms. The van der Waals surface area contributed by atoms with Gasteiger partial charge in [0.1, 0.15) is 11.5 Å². The number of aliphatic hydroxyl groups is 1. The Morgan fingerprint density at radius 2 is 2.04 bits per heavy atom. The smallest absolute Gasteiger partial charge is 0.123 e. The molecule has 2 unspecified atom stereocenters. The van der Waals surface area contributed by atoms with E-state index in [1.807, 2.05) is 6.92 Å². The maximum atomic E-state index is 10.6. The van der Waals surface area contributed by atoms with Crippen LogP contribution in [0.2, 0.25) is 0 Å². The van der Waals surface area contributed by atoms with Crippen LogP contribution in [0.15, 0.2) is 35.9 Å². The third-order valence-corrected chi connectivity index (χ3v) is 4.74. The summed E-state index contributed by atoms with van der Waals surface area (Å²) in [4.78, 5) is 0. The Bertz CT molecular complexity index is 754. The number of aryl methyl sites for hydroxylation is 1. The summed E-state index contributed by atoms with van der Waals surface area (Å²) in [5.41, 5.74) is 2.09. The SMILES string of the molecule is [2H]C([2H])([2H])CCCCc1cc(O)c(C2C=C(C([2H])([2H])O)CCC2C(=C)C)c(O)c1. The topological polar surface area (TPSA) is 60.7 Å². The van der Waals surface area contributed by atoms with E-state index in [1.165, 1.54) is 0 Å². The molecule has 1 aliphatic rings. The molecule has 0 aromatic heterocycles. The van der Waals surface area contributed by atoms with E-state index in [0.717, 1.165) is 5.57 Å². The van der Waals surface area contributed by atoms with E-state index in [4.69, 9.17) is 6.85 Å². The van der Waals surface area contributed by atoms with Gasteiger partial charge in [0.2, 0.25) is 0 Å². The minimum Gasteiger partial charge on any atom is -0.507 e. The van der Waals surface area contributed by atoms with Gasteiger partial charge in [-0.25, -0.2) is 0 Å². The number of unbranched alkanes of at least 4 members (excludes halogenated alkanes) is 1. The zero-order chi connectivity index (χ0) is 22.0. The molecule has 2 atom stereocenters. The Hall–Kier alpha value is -1.74. The predicted octanol–water partition coefficient (Wildman–Crippen LogP) is 4.82. The number of phenols is 2. The molecule has 3 heteroatoms. The van der Waals surface area contributed by atoms with Crippen LogP contribution in [-0.4, -0.2) is 21.9 Å². The average Bonchev–Trinajstić information content (AvgIpc) is 2.56. The van der Waals surface area contributed by atoms with Crippen LogP contribution in [0.25, 0.3) is 0 Å². The Kier molecular flexibility index (Phi) is 4.40. The van der Waals surface area contributed by atoms with Crippen molar-refractivity contribution in [1.82, 2.24) is 0 Å². The molecule has 0 amide bonds. The summed E-state index contributed by atoms with van der Waals surface area (Å²) in [5, 5.41) is 31.0. The van der Waals surface area contributed by atoms with Crippen LogP contribution in [0.4, 0.5) is 0 Å². The van der Waals surface area contributed by atoms with Crippen molar-refractivity contribution in [2.45, 2.75) is 58.2 Å². The average molecular weight is 335 g/mol. The van der Waals surface area contributed by atoms with Gasteiger partial charge in [0, 0.05) is 15.6 Å². The van der Waals surface area contributed by atoms with Crippen molar-refractivity contribution in [3.8, 4) is 11.5 Å². The lowest BCUT2D eigenvalue weighted by Gasteiger charge is -2.31. The molecule has 3 nitrogen and oxygen atoms in total. The van der Waals surface area contributed by atoms with Gasteiger partial charge in [0.05, 0.1) is 9.30 Å². The van der Waals surface area contributed by atoms with Crippen LogP contribution in [0.1, 0.15) is 69.8 Å². The largest absolute Gasteiger partial charge is 0.507 e. The normalized spacial score (nSPS) is 24.9. The number of benzene rings is 1. The van der Waals surface area contributed by atoms with E-state index in [9.17, 15) is 15.3 Å². The van der Waals surface area contributed by atoms with Gasteiger partial charge in [-0.3, -0.25) is 0 Å². The first-order chi connectivity index (χ1) is 13.3. The van der Waals surface area contributed by atoms with Crippen molar-refractivity contribution in [3.63, 3.8) is 0 Å². The number of aromatic hydroxyl groups is 2. The van der Waals surface area contributed by atoms with E-state index in [-0.39, 0.29) is 29.4 Å². The van der Waals surface area contributed by atoms with Crippen LogP contribution < -0.4 is 0 Å². The Labute approximate surface area is 152 Å². The highest BCUT2D eigenvalue weighted by atomic mass is 16.3. The molecule has 0 heterocycles. The zero-order valence-corrected chi connectivity index (χ0v) is 14.2. The van der Waals surface area contributed by atoms with E-state index in [1.54, 1.807) is 18.2 Å². The molecule has 132 valence electrons. The highest BCUT2D eigenvalue weighted by Gasteiger charge is 2.30. The molecule has 0 aliphatic heterocycles. The second-order valence-corrected chi connectivity index (χ2v) is 6.58. The summed E-state index contributed by atoms with van der Waals surface area (Å²) in [6.07, 6.45) is 4.34. The van der Waals surface area contributed by atoms with Gasteiger partial charge in [-0.15, -0.1) is 0 Å². The highest BCUT2D eigenvalue weighted by Crippen LogP contribution is 2.46. The van der Waals surface area contributed by atoms with Crippen molar-refractivity contribution >= 4 is 0 Å². The van der Waals surface area contributed by atoms with Crippen LogP contribution in [0.3, 0.4) is 0 Å². The van der Waals surface area contributed by atoms with Crippen molar-refractivity contribution < 1.29 is 22.2 Å². The van der Waals surface area contributed by atoms with Gasteiger partial charge in [-0.2, -0.15) is 0 Å². The summed E-state index contributed by atoms with van der Waals surface area (Å²) < 4.78 is 36.9. The van der Waals surface area contributed by atoms with Crippen LogP contribution in [-0.2, 0) is 6.42 Å². The van der Waals surface area contributed by atoms with E-state index >= 15 is 0 Å². The lowest BCUT2D eigenvalue weighted by Crippen LogP contribution is -2.18. The summed E-state index contributed by atoms with van der Waals surface area (Å²) in [6.45, 7) is 1.45. The molecule has 0 fully saturated rings. The number of hydrogen-bond acceptors (Lipinski definition) is 3. The first-order valence-corrected chi connectivity index (χ1v) is 8.43. The van der Waals surface area contributed by atoms with Gasteiger partial charge in [-0.05, 0) is 61.8 Å². The summed E-state index contributed by atoms with van der Waals surface area (Å²) in [6, 6.07) is 3.13. The minimum atomic E-state index is -2.45. The maximum absolute atomic E-state index is 10.6. The third kappa shape index (κ3) is 4.21. The minimum absolute atomic E-state index is 0.0944. The molecule has 1 aromatic carbocycles. The molecule has 1 aromatic rings. The first kappa shape index (κ1) is 12.6. The van der Waals surface area contributed by atoms with Crippen molar-refractivity contribution in [1.29, 1.82) is 0 Å². The molecular formula is C21H30O3. The maximum Gasteiger partial charge on any atom is 0.123 e. The summed E-state index contributed by atoms with van der Waals surface area (Å²) >= 11 is 0. The Morgan fingerprint density at radius 3 is 2.62 bits per heavy atom. The van der Waals surface area contributed by atoms with Gasteiger partial charge in [-0.1, -0.05) is 37.9 Å². The summed E-state index contributed by atoms with van der Waals surface area (Å²) in [5.74, 6) is -0.780. The number of rotatable bonds is 7. The lowest BCUT2D eigenvalue weighted by atomic mass is 9.73. The fourth-order valence-corrected chi connectivity index (χ4v) is 3.46. The molecule has 24 heavy (non-hydrogen) atoms. The van der Waals surface area contributed by atoms with Crippen molar-refractivity contribution in [3.05, 3.63) is 47.1 Å². The molecule has 2 rings (SSSR count). The van der Waals surface area contributed by atoms with Crippen LogP contribution in [0, 0.1) is 5.92 Å². The molecule has 0 radical (unpaired) electrons. The fraction of sp³-hybridized carbons (Fsp3) is 0.524. The predicted molar refractivity (Wildman–Crippen MR) is 98.4 cm³/mol. The van der Waals surface area contributed by atoms with E-state index < -0.39 is 19.3 Å². The standard InChI is InChI=1S/C21H30O3/c1-4-5-6-7-15-11-19(23)21(20(24)12-15)18-10-16(13-22)8-9-17(18)14(2)3/h10-12,17-18,22-24H,2,4-9,13H2,1,3H3/i1D3,13D2. The zero-order valence-electron chi connectivity index (χ0n) is 19.2. The number of hydrogen-bond donors (Lipinski definition) is 3. The molecule has 0 saturated heterocycles. The fourth-order valence-electron chi connectivity index (χ4n) is 3.46. The van der Waals surface area contributed by atoms with Gasteiger partial charge in [0.15, 0.2) is 0 Å². The van der Waals surface area contributed by atoms with Crippen LogP contribution in [0.5, 0.6) is 11.5 Å². The number of allylic oxidation sites excluding steroid dienone is 2.